The Bertz CT molecular complexity index is 3500. The standard InChI is InChI=1S/C94H162O43/c1-14-17-29-36-54(124-90-79(65(105)61(101)48(8)118-90)135-92-81(67(107)63(103)56(42-95)126-92)134-89-74(114)71(111)77(52(12)122-89)132-87-72(112)69(109)75(50(10)120-87)128-58(98)35-16-3)38-31-25-21-19-23-27-33-40-59(99)129-76-51(11)121-88(73(113)70(76)110)133-78-53(13)123-94-84(131-86(116)45(5)47(7)97)83(78)130-60(100)41-34-28-24-20-22-26-32-39-55(37-30-18-15-2)125-91-80(66(106)62(102)49(9)119-91)136-93-82(137-94)68(108)64(104)57(127-93)43-117-85(115)44(4)46(6)96/h44-57,61-84,87-97,101-114H,14-43H2,1-13H3/t44-,45-,46+,47+,48-,49-,50-,51-,52+,53+,54-,55-,56-,57-,61-,62-,63-,64-,65+,66+,67+,68+,69-,70-,71+,72-,73-,74-,75-,76-,77+,78+,79-,80-,81-,82-,83-,84-,87+,88+,89+,90+,91+,92+,93+,94+/m1/s1. The number of unbranched alkanes of at least 4 members (excludes halogenated alkanes) is 10. The van der Waals surface area contributed by atoms with Gasteiger partial charge in [-0.05, 0) is 114 Å². The van der Waals surface area contributed by atoms with Crippen molar-refractivity contribution < 1.29 is 210 Å². The van der Waals surface area contributed by atoms with Crippen LogP contribution in [0.25, 0.3) is 0 Å². The fraction of sp³-hybridized carbons (Fsp3) is 0.947. The molecule has 2 bridgehead atoms. The van der Waals surface area contributed by atoms with Crippen molar-refractivity contribution in [2.75, 3.05) is 13.2 Å². The lowest BCUT2D eigenvalue weighted by Gasteiger charge is -2.50. The third-order valence-electron chi connectivity index (χ3n) is 27.7. The summed E-state index contributed by atoms with van der Waals surface area (Å²) >= 11 is 0. The Kier molecular flexibility index (Phi) is 48.2. The number of hydrogen-bond donors (Lipinski definition) is 17. The predicted octanol–water partition coefficient (Wildman–Crippen LogP) is 1.25. The minimum atomic E-state index is -2.13. The maximum absolute atomic E-state index is 14.4. The minimum absolute atomic E-state index is 0.0494. The van der Waals surface area contributed by atoms with Gasteiger partial charge in [-0.2, -0.15) is 0 Å². The van der Waals surface area contributed by atoms with Gasteiger partial charge in [0.15, 0.2) is 74.7 Å². The van der Waals surface area contributed by atoms with E-state index in [1.165, 1.54) is 69.2 Å². The Morgan fingerprint density at radius 3 is 1.37 bits per heavy atom. The van der Waals surface area contributed by atoms with Crippen molar-refractivity contribution in [3.05, 3.63) is 0 Å². The molecule has 9 fully saturated rings. The molecular formula is C94H162O43. The van der Waals surface area contributed by atoms with Gasteiger partial charge >= 0.3 is 29.8 Å². The van der Waals surface area contributed by atoms with Crippen molar-refractivity contribution in [2.45, 2.75) is 540 Å². The van der Waals surface area contributed by atoms with E-state index in [2.05, 4.69) is 6.92 Å². The molecule has 43 nitrogen and oxygen atoms in total. The lowest BCUT2D eigenvalue weighted by Crippen LogP contribution is -2.68. The number of rotatable bonds is 40. The lowest BCUT2D eigenvalue weighted by molar-refractivity contribution is -0.399. The molecule has 43 heteroatoms. The first-order chi connectivity index (χ1) is 65.1. The lowest BCUT2D eigenvalue weighted by atomic mass is 9.95. The molecule has 9 heterocycles. The molecule has 9 saturated heterocycles. The van der Waals surface area contributed by atoms with Crippen molar-refractivity contribution in [1.82, 2.24) is 0 Å². The van der Waals surface area contributed by atoms with Gasteiger partial charge < -0.3 is 186 Å². The van der Waals surface area contributed by atoms with Crippen LogP contribution in [-0.4, -0.2) is 400 Å². The summed E-state index contributed by atoms with van der Waals surface area (Å²) in [6.07, 6.45) is -52.7. The Labute approximate surface area is 801 Å². The number of ether oxygens (including phenoxy) is 21. The molecule has 137 heavy (non-hydrogen) atoms. The van der Waals surface area contributed by atoms with E-state index >= 15 is 0 Å². The normalized spacial score (nSPS) is 41.9. The Morgan fingerprint density at radius 1 is 0.358 bits per heavy atom. The van der Waals surface area contributed by atoms with E-state index in [4.69, 9.17) is 99.5 Å². The molecule has 796 valence electrons. The van der Waals surface area contributed by atoms with Gasteiger partial charge in [0.2, 0.25) is 0 Å². The first-order valence-electron chi connectivity index (χ1n) is 50.1. The molecule has 0 aliphatic carbocycles. The van der Waals surface area contributed by atoms with Gasteiger partial charge in [-0.1, -0.05) is 136 Å². The quantitative estimate of drug-likeness (QED) is 0.0233. The third-order valence-corrected chi connectivity index (χ3v) is 27.7. The molecule has 9 rings (SSSR count). The van der Waals surface area contributed by atoms with Crippen molar-refractivity contribution in [2.24, 2.45) is 11.8 Å². The minimum Gasteiger partial charge on any atom is -0.463 e. The van der Waals surface area contributed by atoms with Crippen LogP contribution in [0.2, 0.25) is 0 Å². The maximum Gasteiger partial charge on any atom is 0.311 e. The highest BCUT2D eigenvalue weighted by Crippen LogP contribution is 2.42. The van der Waals surface area contributed by atoms with E-state index in [1.807, 2.05) is 6.92 Å². The van der Waals surface area contributed by atoms with Gasteiger partial charge in [-0.15, -0.1) is 0 Å². The van der Waals surface area contributed by atoms with Crippen LogP contribution in [-0.2, 0) is 123 Å². The summed E-state index contributed by atoms with van der Waals surface area (Å²) in [4.78, 5) is 68.0. The molecule has 0 unspecified atom stereocenters. The number of carbonyl (C=O) groups excluding carboxylic acids is 5. The maximum atomic E-state index is 14.4. The largest absolute Gasteiger partial charge is 0.463 e. The fourth-order valence-corrected chi connectivity index (χ4v) is 18.4. The molecule has 0 saturated carbocycles. The zero-order chi connectivity index (χ0) is 101. The van der Waals surface area contributed by atoms with E-state index < -0.39 is 325 Å². The smallest absolute Gasteiger partial charge is 0.311 e. The van der Waals surface area contributed by atoms with Gasteiger partial charge in [0.1, 0.15) is 141 Å². The zero-order valence-electron chi connectivity index (χ0n) is 81.5. The highest BCUT2D eigenvalue weighted by atomic mass is 16.8. The monoisotopic (exact) mass is 1980 g/mol. The topological polar surface area (TPSA) is 623 Å². The average molecular weight is 1980 g/mol. The van der Waals surface area contributed by atoms with E-state index in [0.717, 1.165) is 89.9 Å². The number of esters is 5. The number of aliphatic hydroxyl groups excluding tert-OH is 17. The number of carbonyl (C=O) groups is 5. The summed E-state index contributed by atoms with van der Waals surface area (Å²) in [5, 5.41) is 194. The Morgan fingerprint density at radius 2 is 0.788 bits per heavy atom. The van der Waals surface area contributed by atoms with E-state index in [1.54, 1.807) is 6.92 Å². The second-order valence-corrected chi connectivity index (χ2v) is 38.7. The van der Waals surface area contributed by atoms with Crippen LogP contribution in [0, 0.1) is 11.8 Å². The SMILES string of the molecule is CCCCC[C@H](CCCCCCCCCC(=O)O[C@H]1[C@H](O)[C@@H](O)[C@H](O[C@@H]2[C@H]3OC(=O)CCCCCCCCC[C@@H](CCCCC)O[C@@H]4O[C@H](C)[C@@H](O)[C@H](O)[C@H]4O[C@@H]4O[C@H](COC(=O)[C@H](C)[C@H](C)O)[C@@H](O)[C@H](O)[C@H]4O[C@H](O[C@H]2C)[C@@H]3OC(=O)[C@H](C)[C@H](C)O)O[C@@H]1C)O[C@@H]1O[C@H](C)[C@@H](O)[C@H](O)[C@H]1O[C@@H]1O[C@H](CO)[C@@H](O)[C@H](O)[C@H]1O[C@@H]1O[C@@H](C)[C@H](O[C@@H]2O[C@H](C)[C@@H](OC(=O)CCC)[C@H](O)[C@H]2O)[C@@H](O)[C@H]1O. The summed E-state index contributed by atoms with van der Waals surface area (Å²) in [5.74, 6) is -6.50. The Balaban J connectivity index is 0.817. The molecular weight excluding hydrogens is 1820 g/mol. The molecule has 0 amide bonds. The highest BCUT2D eigenvalue weighted by molar-refractivity contribution is 5.74. The molecule has 17 N–H and O–H groups in total. The first-order valence-corrected chi connectivity index (χ1v) is 50.1. The summed E-state index contributed by atoms with van der Waals surface area (Å²) in [6, 6.07) is 0. The molecule has 0 aromatic carbocycles. The van der Waals surface area contributed by atoms with Crippen molar-refractivity contribution >= 4 is 29.8 Å². The van der Waals surface area contributed by atoms with Crippen LogP contribution >= 0.6 is 0 Å². The molecule has 0 aromatic rings. The van der Waals surface area contributed by atoms with E-state index in [-0.39, 0.29) is 19.3 Å². The van der Waals surface area contributed by atoms with Gasteiger partial charge in [0.05, 0.1) is 79.5 Å². The highest BCUT2D eigenvalue weighted by Gasteiger charge is 2.61. The second kappa shape index (κ2) is 56.7. The molecule has 9 aliphatic rings. The van der Waals surface area contributed by atoms with Crippen molar-refractivity contribution in [1.29, 1.82) is 0 Å². The van der Waals surface area contributed by atoms with Crippen LogP contribution in [0.3, 0.4) is 0 Å². The fourth-order valence-electron chi connectivity index (χ4n) is 18.4. The summed E-state index contributed by atoms with van der Waals surface area (Å²) < 4.78 is 130. The van der Waals surface area contributed by atoms with Crippen LogP contribution in [0.5, 0.6) is 0 Å². The summed E-state index contributed by atoms with van der Waals surface area (Å²) in [5.41, 5.74) is 0. The van der Waals surface area contributed by atoms with Crippen molar-refractivity contribution in [3.8, 4) is 0 Å². The van der Waals surface area contributed by atoms with Crippen LogP contribution in [0.4, 0.5) is 0 Å². The van der Waals surface area contributed by atoms with Crippen molar-refractivity contribution in [3.63, 3.8) is 0 Å². The molecule has 0 aromatic heterocycles. The van der Waals surface area contributed by atoms with Gasteiger partial charge in [-0.3, -0.25) is 24.0 Å². The summed E-state index contributed by atoms with van der Waals surface area (Å²) in [6.45, 7) is 18.6. The molecule has 46 atom stereocenters. The molecule has 0 radical (unpaired) electrons. The van der Waals surface area contributed by atoms with Crippen LogP contribution in [0.1, 0.15) is 270 Å². The third kappa shape index (κ3) is 32.0. The van der Waals surface area contributed by atoms with Crippen LogP contribution < -0.4 is 0 Å². The van der Waals surface area contributed by atoms with Gasteiger partial charge in [0.25, 0.3) is 0 Å². The average Bonchev–Trinajstić information content (AvgIpc) is 0.756. The molecule has 9 aliphatic heterocycles. The van der Waals surface area contributed by atoms with E-state index in [9.17, 15) is 111 Å². The summed E-state index contributed by atoms with van der Waals surface area (Å²) in [7, 11) is 0. The predicted molar refractivity (Wildman–Crippen MR) is 472 cm³/mol. The van der Waals surface area contributed by atoms with Gasteiger partial charge in [0, 0.05) is 19.3 Å². The second-order valence-electron chi connectivity index (χ2n) is 38.7. The van der Waals surface area contributed by atoms with Gasteiger partial charge in [-0.25, -0.2) is 0 Å². The first kappa shape index (κ1) is 117. The molecule has 0 spiro atoms. The zero-order valence-corrected chi connectivity index (χ0v) is 81.5. The van der Waals surface area contributed by atoms with Crippen LogP contribution in [0.15, 0.2) is 0 Å². The number of hydrogen-bond acceptors (Lipinski definition) is 43. The number of aliphatic hydroxyl groups is 17. The Hall–Kier alpha value is -3.97. The number of fused-ring (bicyclic) bond motifs is 4. The van der Waals surface area contributed by atoms with E-state index in [0.29, 0.717) is 70.6 Å².